The van der Waals surface area contributed by atoms with Gasteiger partial charge in [-0.05, 0) is 45.2 Å². The van der Waals surface area contributed by atoms with Crippen molar-refractivity contribution >= 4 is 11.9 Å². The number of amides is 1. The Bertz CT molecular complexity index is 537. The number of esters is 1. The van der Waals surface area contributed by atoms with Crippen LogP contribution in [-0.4, -0.2) is 40.5 Å². The van der Waals surface area contributed by atoms with Gasteiger partial charge in [-0.25, -0.2) is 0 Å². The maximum Gasteiger partial charge on any atom is 0.311 e. The zero-order valence-electron chi connectivity index (χ0n) is 13.7. The fourth-order valence-corrected chi connectivity index (χ4v) is 2.75. The number of ether oxygens (including phenoxy) is 1. The number of nitrogens with zero attached hydrogens (tertiary/aromatic N) is 2. The molecule has 0 saturated carbocycles. The molecule has 0 radical (unpaired) electrons. The zero-order valence-corrected chi connectivity index (χ0v) is 13.7. The zero-order chi connectivity index (χ0) is 16.3. The van der Waals surface area contributed by atoms with E-state index in [0.29, 0.717) is 18.7 Å². The summed E-state index contributed by atoms with van der Waals surface area (Å²) in [7, 11) is 0. The van der Waals surface area contributed by atoms with Gasteiger partial charge in [0.15, 0.2) is 0 Å². The molecule has 0 aliphatic carbocycles. The molecule has 2 rings (SSSR count). The van der Waals surface area contributed by atoms with Gasteiger partial charge in [-0.3, -0.25) is 14.6 Å². The first-order valence-corrected chi connectivity index (χ1v) is 7.68. The topological polar surface area (TPSA) is 59.5 Å². The predicted molar refractivity (Wildman–Crippen MR) is 83.3 cm³/mol. The highest BCUT2D eigenvalue weighted by Crippen LogP contribution is 2.25. The molecule has 0 aromatic carbocycles. The fourth-order valence-electron chi connectivity index (χ4n) is 2.75. The predicted octanol–water partition coefficient (Wildman–Crippen LogP) is 2.52. The molecule has 2 atom stereocenters. The molecule has 1 amide bonds. The molecular weight excluding hydrogens is 280 g/mol. The van der Waals surface area contributed by atoms with Crippen LogP contribution in [0.3, 0.4) is 0 Å². The van der Waals surface area contributed by atoms with Gasteiger partial charge in [0.1, 0.15) is 5.60 Å². The summed E-state index contributed by atoms with van der Waals surface area (Å²) in [4.78, 5) is 30.5. The quantitative estimate of drug-likeness (QED) is 0.788. The first kappa shape index (κ1) is 16.5. The Balaban J connectivity index is 2.08. The molecular formula is C17H24N2O3. The van der Waals surface area contributed by atoms with Crippen LogP contribution in [0.15, 0.2) is 24.5 Å². The fraction of sp³-hybridized carbons (Fsp3) is 0.588. The van der Waals surface area contributed by atoms with E-state index in [9.17, 15) is 9.59 Å². The lowest BCUT2D eigenvalue weighted by Gasteiger charge is -2.36. The van der Waals surface area contributed by atoms with Crippen molar-refractivity contribution in [3.05, 3.63) is 30.1 Å². The first-order valence-electron chi connectivity index (χ1n) is 7.68. The van der Waals surface area contributed by atoms with E-state index in [0.717, 1.165) is 6.42 Å². The van der Waals surface area contributed by atoms with Gasteiger partial charge in [-0.2, -0.15) is 0 Å². The lowest BCUT2D eigenvalue weighted by Crippen LogP contribution is -2.46. The van der Waals surface area contributed by atoms with Crippen molar-refractivity contribution in [2.24, 2.45) is 11.8 Å². The Morgan fingerprint density at radius 2 is 2.05 bits per heavy atom. The highest BCUT2D eigenvalue weighted by atomic mass is 16.6. The van der Waals surface area contributed by atoms with Gasteiger partial charge >= 0.3 is 5.97 Å². The maximum atomic E-state index is 12.5. The van der Waals surface area contributed by atoms with Crippen LogP contribution < -0.4 is 0 Å². The molecule has 0 bridgehead atoms. The van der Waals surface area contributed by atoms with E-state index in [-0.39, 0.29) is 23.7 Å². The second kappa shape index (κ2) is 6.46. The van der Waals surface area contributed by atoms with Crippen molar-refractivity contribution in [1.29, 1.82) is 0 Å². The van der Waals surface area contributed by atoms with Crippen molar-refractivity contribution in [1.82, 2.24) is 9.88 Å². The maximum absolute atomic E-state index is 12.5. The molecule has 2 heterocycles. The Labute approximate surface area is 131 Å². The normalized spacial score (nSPS) is 22.3. The number of hydrogen-bond donors (Lipinski definition) is 0. The molecule has 1 aliphatic heterocycles. The van der Waals surface area contributed by atoms with E-state index < -0.39 is 5.60 Å². The van der Waals surface area contributed by atoms with Crippen LogP contribution in [-0.2, 0) is 9.53 Å². The summed E-state index contributed by atoms with van der Waals surface area (Å²) in [6, 6.07) is 3.49. The van der Waals surface area contributed by atoms with Gasteiger partial charge in [0, 0.05) is 25.5 Å². The lowest BCUT2D eigenvalue weighted by molar-refractivity contribution is -0.162. The van der Waals surface area contributed by atoms with Crippen molar-refractivity contribution in [3.63, 3.8) is 0 Å². The SMILES string of the molecule is CC1CC(C(=O)OC(C)(C)C)CN(C(=O)c2cccnc2)C1. The highest BCUT2D eigenvalue weighted by molar-refractivity contribution is 5.94. The third-order valence-corrected chi connectivity index (χ3v) is 3.60. The summed E-state index contributed by atoms with van der Waals surface area (Å²) in [5, 5.41) is 0. The Morgan fingerprint density at radius 1 is 1.32 bits per heavy atom. The number of carbonyl (C=O) groups is 2. The first-order chi connectivity index (χ1) is 10.3. The van der Waals surface area contributed by atoms with Crippen LogP contribution in [0.25, 0.3) is 0 Å². The number of hydrogen-bond acceptors (Lipinski definition) is 4. The monoisotopic (exact) mass is 304 g/mol. The molecule has 5 heteroatoms. The van der Waals surface area contributed by atoms with E-state index in [2.05, 4.69) is 11.9 Å². The number of carbonyl (C=O) groups excluding carboxylic acids is 2. The number of pyridine rings is 1. The molecule has 1 fully saturated rings. The summed E-state index contributed by atoms with van der Waals surface area (Å²) in [5.41, 5.74) is 0.0511. The van der Waals surface area contributed by atoms with E-state index in [1.165, 1.54) is 0 Å². The second-order valence-corrected chi connectivity index (χ2v) is 7.02. The van der Waals surface area contributed by atoms with Gasteiger partial charge in [-0.15, -0.1) is 0 Å². The molecule has 1 saturated heterocycles. The van der Waals surface area contributed by atoms with Crippen LogP contribution in [0.1, 0.15) is 44.5 Å². The second-order valence-electron chi connectivity index (χ2n) is 7.02. The van der Waals surface area contributed by atoms with Gasteiger partial charge in [0.05, 0.1) is 11.5 Å². The highest BCUT2D eigenvalue weighted by Gasteiger charge is 2.34. The van der Waals surface area contributed by atoms with Crippen molar-refractivity contribution < 1.29 is 14.3 Å². The average molecular weight is 304 g/mol. The van der Waals surface area contributed by atoms with E-state index >= 15 is 0 Å². The van der Waals surface area contributed by atoms with Gasteiger partial charge < -0.3 is 9.64 Å². The molecule has 0 N–H and O–H groups in total. The van der Waals surface area contributed by atoms with Crippen molar-refractivity contribution in [2.45, 2.75) is 39.7 Å². The van der Waals surface area contributed by atoms with E-state index in [4.69, 9.17) is 4.74 Å². The van der Waals surface area contributed by atoms with E-state index in [1.807, 2.05) is 20.8 Å². The molecule has 1 aromatic rings. The molecule has 1 aromatic heterocycles. The van der Waals surface area contributed by atoms with Crippen LogP contribution in [0.2, 0.25) is 0 Å². The van der Waals surface area contributed by atoms with Crippen LogP contribution in [0.4, 0.5) is 0 Å². The summed E-state index contributed by atoms with van der Waals surface area (Å²) in [5.74, 6) is -0.285. The Hall–Kier alpha value is -1.91. The Kier molecular flexibility index (Phi) is 4.84. The molecule has 120 valence electrons. The summed E-state index contributed by atoms with van der Waals surface area (Å²) < 4.78 is 5.47. The average Bonchev–Trinajstić information content (AvgIpc) is 2.45. The van der Waals surface area contributed by atoms with Crippen LogP contribution in [0, 0.1) is 11.8 Å². The summed E-state index contributed by atoms with van der Waals surface area (Å²) in [6.45, 7) is 8.70. The third-order valence-electron chi connectivity index (χ3n) is 3.60. The minimum atomic E-state index is -0.504. The van der Waals surface area contributed by atoms with Crippen molar-refractivity contribution in [2.75, 3.05) is 13.1 Å². The third kappa shape index (κ3) is 4.29. The summed E-state index contributed by atoms with van der Waals surface area (Å²) >= 11 is 0. The standard InChI is InChI=1S/C17H24N2O3/c1-12-8-14(16(21)22-17(2,3)4)11-19(10-12)15(20)13-6-5-7-18-9-13/h5-7,9,12,14H,8,10-11H2,1-4H3. The minimum Gasteiger partial charge on any atom is -0.460 e. The summed E-state index contributed by atoms with van der Waals surface area (Å²) in [6.07, 6.45) is 3.95. The number of likely N-dealkylation sites (tertiary alicyclic amines) is 1. The smallest absolute Gasteiger partial charge is 0.311 e. The number of aromatic nitrogens is 1. The number of piperidine rings is 1. The molecule has 5 nitrogen and oxygen atoms in total. The van der Waals surface area contributed by atoms with Crippen LogP contribution in [0.5, 0.6) is 0 Å². The van der Waals surface area contributed by atoms with Gasteiger partial charge in [0.25, 0.3) is 5.91 Å². The number of rotatable bonds is 2. The van der Waals surface area contributed by atoms with Gasteiger partial charge in [-0.1, -0.05) is 6.92 Å². The largest absolute Gasteiger partial charge is 0.460 e. The molecule has 2 unspecified atom stereocenters. The minimum absolute atomic E-state index is 0.0757. The lowest BCUT2D eigenvalue weighted by atomic mass is 9.90. The molecule has 22 heavy (non-hydrogen) atoms. The van der Waals surface area contributed by atoms with E-state index in [1.54, 1.807) is 29.4 Å². The van der Waals surface area contributed by atoms with Crippen molar-refractivity contribution in [3.8, 4) is 0 Å². The molecule has 1 aliphatic rings. The van der Waals surface area contributed by atoms with Gasteiger partial charge in [0.2, 0.25) is 0 Å². The van der Waals surface area contributed by atoms with Crippen LogP contribution >= 0.6 is 0 Å². The molecule has 0 spiro atoms. The Morgan fingerprint density at radius 3 is 2.64 bits per heavy atom.